The van der Waals surface area contributed by atoms with Crippen LogP contribution in [0.1, 0.15) is 43.0 Å². The zero-order chi connectivity index (χ0) is 13.7. The van der Waals surface area contributed by atoms with Crippen LogP contribution in [0.25, 0.3) is 0 Å². The van der Waals surface area contributed by atoms with Gasteiger partial charge in [0.05, 0.1) is 0 Å². The van der Waals surface area contributed by atoms with Crippen LogP contribution < -0.4 is 5.32 Å². The van der Waals surface area contributed by atoms with Gasteiger partial charge in [-0.1, -0.05) is 30.7 Å². The first-order valence-corrected chi connectivity index (χ1v) is 8.16. The Balaban J connectivity index is 2.52. The third-order valence-electron chi connectivity index (χ3n) is 3.47. The quantitative estimate of drug-likeness (QED) is 0.858. The fourth-order valence-corrected chi connectivity index (χ4v) is 2.46. The second-order valence-electron chi connectivity index (χ2n) is 5.13. The molecule has 2 nitrogen and oxygen atoms in total. The second-order valence-corrected chi connectivity index (χ2v) is 6.94. The Kier molecular flexibility index (Phi) is 6.03. The van der Waals surface area contributed by atoms with E-state index >= 15 is 0 Å². The van der Waals surface area contributed by atoms with Crippen molar-refractivity contribution in [2.45, 2.75) is 45.4 Å². The monoisotopic (exact) mass is 267 g/mol. The third kappa shape index (κ3) is 4.54. The predicted molar refractivity (Wildman–Crippen MR) is 80.5 cm³/mol. The Morgan fingerprint density at radius 3 is 2.56 bits per heavy atom. The van der Waals surface area contributed by atoms with E-state index in [9.17, 15) is 4.21 Å². The molecule has 0 heterocycles. The maximum absolute atomic E-state index is 11.3. The van der Waals surface area contributed by atoms with Gasteiger partial charge in [-0.25, -0.2) is 0 Å². The normalized spacial score (nSPS) is 16.3. The first-order valence-electron chi connectivity index (χ1n) is 6.54. The van der Waals surface area contributed by atoms with Gasteiger partial charge in [-0.3, -0.25) is 4.21 Å². The lowest BCUT2D eigenvalue weighted by atomic mass is 10.00. The molecule has 1 aromatic rings. The molecule has 18 heavy (non-hydrogen) atoms. The maximum Gasteiger partial charge on any atom is 0.0329 e. The van der Waals surface area contributed by atoms with Crippen LogP contribution >= 0.6 is 0 Å². The van der Waals surface area contributed by atoms with Gasteiger partial charge in [-0.05, 0) is 44.9 Å². The number of nitrogens with one attached hydrogen (secondary N) is 1. The molecular formula is C15H25NOS. The average molecular weight is 267 g/mol. The number of hydrogen-bond acceptors (Lipinski definition) is 2. The number of aryl methyl sites for hydroxylation is 2. The summed E-state index contributed by atoms with van der Waals surface area (Å²) >= 11 is 0. The number of rotatable bonds is 6. The Hall–Kier alpha value is -0.670. The minimum absolute atomic E-state index is 0.267. The maximum atomic E-state index is 11.3. The summed E-state index contributed by atoms with van der Waals surface area (Å²) in [5.74, 6) is 0. The lowest BCUT2D eigenvalue weighted by Crippen LogP contribution is -2.24. The van der Waals surface area contributed by atoms with Crippen LogP contribution in [0.5, 0.6) is 0 Å². The molecule has 0 amide bonds. The minimum Gasteiger partial charge on any atom is -0.310 e. The van der Waals surface area contributed by atoms with Crippen LogP contribution in [-0.2, 0) is 10.8 Å². The summed E-state index contributed by atoms with van der Waals surface area (Å²) in [7, 11) is -0.718. The van der Waals surface area contributed by atoms with Gasteiger partial charge in [0.2, 0.25) is 0 Å². The molecule has 0 bridgehead atoms. The van der Waals surface area contributed by atoms with E-state index in [2.05, 4.69) is 44.3 Å². The molecule has 0 radical (unpaired) electrons. The fourth-order valence-electron chi connectivity index (χ4n) is 2.01. The van der Waals surface area contributed by atoms with E-state index in [1.54, 1.807) is 6.26 Å². The Labute approximate surface area is 114 Å². The first kappa shape index (κ1) is 15.4. The Bertz CT molecular complexity index is 417. The summed E-state index contributed by atoms with van der Waals surface area (Å²) < 4.78 is 11.3. The molecule has 1 N–H and O–H groups in total. The van der Waals surface area contributed by atoms with Crippen molar-refractivity contribution in [1.82, 2.24) is 5.32 Å². The van der Waals surface area contributed by atoms with Crippen LogP contribution in [0.15, 0.2) is 18.2 Å². The summed E-state index contributed by atoms with van der Waals surface area (Å²) in [6, 6.07) is 6.91. The highest BCUT2D eigenvalue weighted by atomic mass is 32.2. The molecule has 3 heteroatoms. The summed E-state index contributed by atoms with van der Waals surface area (Å²) in [6.45, 7) is 9.42. The van der Waals surface area contributed by atoms with E-state index < -0.39 is 10.8 Å². The van der Waals surface area contributed by atoms with Crippen molar-refractivity contribution in [3.63, 3.8) is 0 Å². The zero-order valence-corrected chi connectivity index (χ0v) is 12.9. The molecule has 0 aromatic heterocycles. The summed E-state index contributed by atoms with van der Waals surface area (Å²) in [5.41, 5.74) is 3.99. The molecule has 3 unspecified atom stereocenters. The van der Waals surface area contributed by atoms with Gasteiger partial charge in [0, 0.05) is 28.3 Å². The molecule has 0 saturated heterocycles. The summed E-state index contributed by atoms with van der Waals surface area (Å²) in [5, 5.41) is 3.79. The van der Waals surface area contributed by atoms with Crippen molar-refractivity contribution in [1.29, 1.82) is 0 Å². The molecule has 1 aromatic carbocycles. The Morgan fingerprint density at radius 2 is 1.94 bits per heavy atom. The molecule has 3 atom stereocenters. The van der Waals surface area contributed by atoms with Crippen LogP contribution in [-0.4, -0.2) is 22.3 Å². The van der Waals surface area contributed by atoms with Crippen molar-refractivity contribution in [2.24, 2.45) is 0 Å². The average Bonchev–Trinajstić information content (AvgIpc) is 2.31. The van der Waals surface area contributed by atoms with Crippen molar-refractivity contribution in [3.8, 4) is 0 Å². The van der Waals surface area contributed by atoms with Gasteiger partial charge in [-0.2, -0.15) is 0 Å². The smallest absolute Gasteiger partial charge is 0.0329 e. The molecule has 1 rings (SSSR count). The first-order chi connectivity index (χ1) is 8.41. The summed E-state index contributed by atoms with van der Waals surface area (Å²) in [4.78, 5) is 0. The molecule has 0 saturated carbocycles. The molecule has 0 aliphatic heterocycles. The molecule has 102 valence electrons. The number of hydrogen-bond donors (Lipinski definition) is 1. The second kappa shape index (κ2) is 7.05. The minimum atomic E-state index is -0.718. The van der Waals surface area contributed by atoms with Gasteiger partial charge in [0.1, 0.15) is 0 Å². The third-order valence-corrected chi connectivity index (χ3v) is 4.84. The van der Waals surface area contributed by atoms with Crippen molar-refractivity contribution < 1.29 is 4.21 Å². The molecule has 0 aliphatic carbocycles. The zero-order valence-electron chi connectivity index (χ0n) is 12.1. The van der Waals surface area contributed by atoms with E-state index in [1.165, 1.54) is 16.7 Å². The Morgan fingerprint density at radius 1 is 1.28 bits per heavy atom. The van der Waals surface area contributed by atoms with E-state index in [4.69, 9.17) is 0 Å². The predicted octanol–water partition coefficient (Wildman–Crippen LogP) is 3.11. The topological polar surface area (TPSA) is 29.1 Å². The van der Waals surface area contributed by atoms with Crippen LogP contribution in [0, 0.1) is 13.8 Å². The molecule has 0 fully saturated rings. The van der Waals surface area contributed by atoms with Crippen molar-refractivity contribution in [2.75, 3.05) is 12.8 Å². The van der Waals surface area contributed by atoms with Crippen LogP contribution in [0.3, 0.4) is 0 Å². The largest absolute Gasteiger partial charge is 0.310 e. The van der Waals surface area contributed by atoms with Gasteiger partial charge in [-0.15, -0.1) is 0 Å². The standard InChI is InChI=1S/C15H25NOS/c1-11-6-7-12(2)15(10-11)14(4)16-9-8-13(3)18(5)17/h6-7,10,13-14,16H,8-9H2,1-5H3. The van der Waals surface area contributed by atoms with Gasteiger partial charge >= 0.3 is 0 Å². The van der Waals surface area contributed by atoms with Crippen LogP contribution in [0.4, 0.5) is 0 Å². The SMILES string of the molecule is Cc1ccc(C)c(C(C)NCCC(C)S(C)=O)c1. The summed E-state index contributed by atoms with van der Waals surface area (Å²) in [6.07, 6.45) is 2.73. The van der Waals surface area contributed by atoms with Gasteiger partial charge in [0.25, 0.3) is 0 Å². The lowest BCUT2D eigenvalue weighted by molar-refractivity contribution is 0.551. The van der Waals surface area contributed by atoms with Crippen molar-refractivity contribution >= 4 is 10.8 Å². The van der Waals surface area contributed by atoms with Gasteiger partial charge in [0.15, 0.2) is 0 Å². The highest BCUT2D eigenvalue weighted by Gasteiger charge is 2.10. The van der Waals surface area contributed by atoms with Crippen molar-refractivity contribution in [3.05, 3.63) is 34.9 Å². The van der Waals surface area contributed by atoms with E-state index in [0.29, 0.717) is 6.04 Å². The molecule has 0 aliphatic rings. The highest BCUT2D eigenvalue weighted by molar-refractivity contribution is 7.84. The van der Waals surface area contributed by atoms with Gasteiger partial charge < -0.3 is 5.32 Å². The molecule has 0 spiro atoms. The van der Waals surface area contributed by atoms with E-state index in [1.807, 2.05) is 6.92 Å². The van der Waals surface area contributed by atoms with E-state index in [-0.39, 0.29) is 5.25 Å². The lowest BCUT2D eigenvalue weighted by Gasteiger charge is -2.18. The number of benzene rings is 1. The fraction of sp³-hybridized carbons (Fsp3) is 0.600. The molecular weight excluding hydrogens is 242 g/mol. The van der Waals surface area contributed by atoms with E-state index in [0.717, 1.165) is 13.0 Å². The van der Waals surface area contributed by atoms with Crippen LogP contribution in [0.2, 0.25) is 0 Å². The highest BCUT2D eigenvalue weighted by Crippen LogP contribution is 2.18.